The summed E-state index contributed by atoms with van der Waals surface area (Å²) in [6.45, 7) is 3.81. The van der Waals surface area contributed by atoms with Gasteiger partial charge in [0.2, 0.25) is 5.91 Å². The Morgan fingerprint density at radius 1 is 0.968 bits per heavy atom. The minimum atomic E-state index is -3.92. The molecule has 0 radical (unpaired) electrons. The molecule has 1 amide bonds. The zero-order chi connectivity index (χ0) is 22.4. The van der Waals surface area contributed by atoms with E-state index in [2.05, 4.69) is 19.2 Å². The number of benzene rings is 3. The van der Waals surface area contributed by atoms with Crippen LogP contribution in [0.1, 0.15) is 25.3 Å². The fourth-order valence-electron chi connectivity index (χ4n) is 3.09. The molecule has 1 N–H and O–H groups in total. The molecule has 0 atom stereocenters. The van der Waals surface area contributed by atoms with Crippen LogP contribution in [-0.4, -0.2) is 27.1 Å². The lowest BCUT2D eigenvalue weighted by atomic mass is 10.0. The van der Waals surface area contributed by atoms with E-state index in [0.29, 0.717) is 17.3 Å². The van der Waals surface area contributed by atoms with Crippen molar-refractivity contribution in [1.82, 2.24) is 0 Å². The molecule has 3 aromatic rings. The molecule has 0 fully saturated rings. The van der Waals surface area contributed by atoms with Crippen molar-refractivity contribution in [2.24, 2.45) is 0 Å². The predicted octanol–water partition coefficient (Wildman–Crippen LogP) is 5.37. The van der Waals surface area contributed by atoms with Crippen molar-refractivity contribution >= 4 is 39.1 Å². The minimum Gasteiger partial charge on any atom is -0.324 e. The maximum absolute atomic E-state index is 13.4. The number of hydrogen-bond acceptors (Lipinski definition) is 4. The average molecular weight is 455 g/mol. The van der Waals surface area contributed by atoms with E-state index in [1.54, 1.807) is 48.2 Å². The Balaban J connectivity index is 1.92. The lowest BCUT2D eigenvalue weighted by Crippen LogP contribution is -2.38. The predicted molar refractivity (Wildman–Crippen MR) is 128 cm³/mol. The molecule has 0 aliphatic heterocycles. The Hall–Kier alpha value is -2.77. The Bertz CT molecular complexity index is 1130. The highest BCUT2D eigenvalue weighted by atomic mass is 32.2. The van der Waals surface area contributed by atoms with Gasteiger partial charge in [-0.2, -0.15) is 0 Å². The molecule has 0 unspecified atom stereocenters. The summed E-state index contributed by atoms with van der Waals surface area (Å²) in [5.41, 5.74) is 2.17. The largest absolute Gasteiger partial charge is 0.324 e. The molecule has 0 heterocycles. The van der Waals surface area contributed by atoms with Gasteiger partial charge in [-0.1, -0.05) is 50.2 Å². The zero-order valence-electron chi connectivity index (χ0n) is 17.8. The van der Waals surface area contributed by atoms with Crippen LogP contribution in [0.5, 0.6) is 0 Å². The van der Waals surface area contributed by atoms with Gasteiger partial charge in [0.05, 0.1) is 10.6 Å². The maximum atomic E-state index is 13.4. The van der Waals surface area contributed by atoms with Crippen molar-refractivity contribution in [2.75, 3.05) is 22.4 Å². The van der Waals surface area contributed by atoms with Crippen LogP contribution >= 0.6 is 11.8 Å². The number of carbonyl (C=O) groups excluding carboxylic acids is 1. The second kappa shape index (κ2) is 10.0. The van der Waals surface area contributed by atoms with E-state index in [4.69, 9.17) is 0 Å². The number of anilines is 2. The van der Waals surface area contributed by atoms with Crippen LogP contribution in [0.25, 0.3) is 0 Å². The molecule has 5 nitrogen and oxygen atoms in total. The van der Waals surface area contributed by atoms with Crippen LogP contribution in [-0.2, 0) is 14.8 Å². The average Bonchev–Trinajstić information content (AvgIpc) is 2.78. The van der Waals surface area contributed by atoms with Crippen LogP contribution < -0.4 is 9.62 Å². The van der Waals surface area contributed by atoms with Crippen LogP contribution in [0.15, 0.2) is 88.7 Å². The maximum Gasteiger partial charge on any atom is 0.264 e. The zero-order valence-corrected chi connectivity index (χ0v) is 19.4. The fraction of sp³-hybridized carbons (Fsp3) is 0.208. The number of amides is 1. The molecule has 162 valence electrons. The number of nitrogens with zero attached hydrogens (tertiary/aromatic N) is 1. The summed E-state index contributed by atoms with van der Waals surface area (Å²) in [6.07, 6.45) is 1.95. The topological polar surface area (TPSA) is 66.5 Å². The lowest BCUT2D eigenvalue weighted by Gasteiger charge is -2.24. The lowest BCUT2D eigenvalue weighted by molar-refractivity contribution is -0.114. The molecule has 0 saturated carbocycles. The third-order valence-electron chi connectivity index (χ3n) is 4.82. The Labute approximate surface area is 188 Å². The van der Waals surface area contributed by atoms with E-state index in [1.807, 2.05) is 36.6 Å². The molecular weight excluding hydrogens is 428 g/mol. The van der Waals surface area contributed by atoms with E-state index in [1.165, 1.54) is 12.1 Å². The number of thioether (sulfide) groups is 1. The first-order valence-electron chi connectivity index (χ1n) is 9.93. The molecule has 31 heavy (non-hydrogen) atoms. The summed E-state index contributed by atoms with van der Waals surface area (Å²) in [7, 11) is -3.92. The van der Waals surface area contributed by atoms with Crippen LogP contribution in [0.2, 0.25) is 0 Å². The normalized spacial score (nSPS) is 11.4. The number of hydrogen-bond donors (Lipinski definition) is 1. The monoisotopic (exact) mass is 454 g/mol. The van der Waals surface area contributed by atoms with E-state index >= 15 is 0 Å². The molecule has 0 aromatic heterocycles. The van der Waals surface area contributed by atoms with Crippen molar-refractivity contribution in [3.8, 4) is 0 Å². The highest BCUT2D eigenvalue weighted by Gasteiger charge is 2.27. The summed E-state index contributed by atoms with van der Waals surface area (Å²) in [5, 5.41) is 2.81. The molecule has 0 aliphatic carbocycles. The molecule has 0 spiro atoms. The van der Waals surface area contributed by atoms with E-state index in [0.717, 1.165) is 14.8 Å². The first kappa shape index (κ1) is 22.9. The van der Waals surface area contributed by atoms with Crippen molar-refractivity contribution < 1.29 is 13.2 Å². The van der Waals surface area contributed by atoms with Gasteiger partial charge in [-0.05, 0) is 60.2 Å². The molecule has 0 bridgehead atoms. The smallest absolute Gasteiger partial charge is 0.264 e. The van der Waals surface area contributed by atoms with Crippen molar-refractivity contribution in [3.05, 3.63) is 84.4 Å². The van der Waals surface area contributed by atoms with Crippen LogP contribution in [0.4, 0.5) is 11.4 Å². The molecule has 0 saturated heterocycles. The van der Waals surface area contributed by atoms with E-state index in [-0.39, 0.29) is 11.4 Å². The van der Waals surface area contributed by atoms with Crippen molar-refractivity contribution in [1.29, 1.82) is 0 Å². The van der Waals surface area contributed by atoms with Gasteiger partial charge in [-0.3, -0.25) is 9.10 Å². The Kier molecular flexibility index (Phi) is 7.41. The summed E-state index contributed by atoms with van der Waals surface area (Å²) in [5.74, 6) is -0.0917. The molecule has 3 aromatic carbocycles. The van der Waals surface area contributed by atoms with Gasteiger partial charge < -0.3 is 5.32 Å². The Morgan fingerprint density at radius 2 is 1.65 bits per heavy atom. The van der Waals surface area contributed by atoms with Crippen molar-refractivity contribution in [2.45, 2.75) is 29.6 Å². The number of nitrogens with one attached hydrogen (secondary N) is 1. The number of carbonyl (C=O) groups is 1. The SMILES string of the molecule is CSc1cccc(NC(=O)CN(c2ccc(C(C)C)cc2)S(=O)(=O)c2ccccc2)c1. The first-order valence-corrected chi connectivity index (χ1v) is 12.6. The molecular formula is C24H26N2O3S2. The van der Waals surface area contributed by atoms with E-state index < -0.39 is 15.9 Å². The van der Waals surface area contributed by atoms with Gasteiger partial charge >= 0.3 is 0 Å². The molecule has 3 rings (SSSR count). The van der Waals surface area contributed by atoms with Crippen LogP contribution in [0, 0.1) is 0 Å². The quantitative estimate of drug-likeness (QED) is 0.465. The van der Waals surface area contributed by atoms with Gasteiger partial charge in [-0.15, -0.1) is 11.8 Å². The van der Waals surface area contributed by atoms with Gasteiger partial charge in [0.15, 0.2) is 0 Å². The number of rotatable bonds is 8. The van der Waals surface area contributed by atoms with Gasteiger partial charge in [0.1, 0.15) is 6.54 Å². The highest BCUT2D eigenvalue weighted by Crippen LogP contribution is 2.26. The van der Waals surface area contributed by atoms with Gasteiger partial charge in [-0.25, -0.2) is 8.42 Å². The third-order valence-corrected chi connectivity index (χ3v) is 7.33. The highest BCUT2D eigenvalue weighted by molar-refractivity contribution is 7.98. The van der Waals surface area contributed by atoms with Crippen molar-refractivity contribution in [3.63, 3.8) is 0 Å². The summed E-state index contributed by atoms with van der Waals surface area (Å²) >= 11 is 1.57. The summed E-state index contributed by atoms with van der Waals surface area (Å²) < 4.78 is 27.9. The standard InChI is InChI=1S/C24H26N2O3S2/c1-18(2)19-12-14-21(15-13-19)26(31(28,29)23-10-5-4-6-11-23)17-24(27)25-20-8-7-9-22(16-20)30-3/h4-16,18H,17H2,1-3H3,(H,25,27). The van der Waals surface area contributed by atoms with Crippen LogP contribution in [0.3, 0.4) is 0 Å². The minimum absolute atomic E-state index is 0.139. The van der Waals surface area contributed by atoms with E-state index in [9.17, 15) is 13.2 Å². The second-order valence-corrected chi connectivity index (χ2v) is 10.1. The molecule has 0 aliphatic rings. The first-order chi connectivity index (χ1) is 14.8. The fourth-order valence-corrected chi connectivity index (χ4v) is 4.99. The van der Waals surface area contributed by atoms with Gasteiger partial charge in [0, 0.05) is 10.6 Å². The summed E-state index contributed by atoms with van der Waals surface area (Å²) in [6, 6.07) is 22.9. The van der Waals surface area contributed by atoms with Gasteiger partial charge in [0.25, 0.3) is 10.0 Å². The molecule has 7 heteroatoms. The summed E-state index contributed by atoms with van der Waals surface area (Å²) in [4.78, 5) is 14.0. The Morgan fingerprint density at radius 3 is 2.26 bits per heavy atom. The third kappa shape index (κ3) is 5.68. The second-order valence-electron chi connectivity index (χ2n) is 7.35. The number of sulfonamides is 1.